The summed E-state index contributed by atoms with van der Waals surface area (Å²) in [5.41, 5.74) is 4.58. The molecule has 1 nitrogen and oxygen atoms in total. The molecule has 1 aromatic carbocycles. The Morgan fingerprint density at radius 3 is 2.06 bits per heavy atom. The lowest BCUT2D eigenvalue weighted by Gasteiger charge is -2.31. The van der Waals surface area contributed by atoms with Crippen molar-refractivity contribution in [2.24, 2.45) is 11.3 Å². The van der Waals surface area contributed by atoms with E-state index in [2.05, 4.69) is 65.1 Å². The van der Waals surface area contributed by atoms with Crippen LogP contribution in [0, 0.1) is 25.2 Å². The Kier molecular flexibility index (Phi) is 5.40. The summed E-state index contributed by atoms with van der Waals surface area (Å²) in [4.78, 5) is 0. The predicted octanol–water partition coefficient (Wildman–Crippen LogP) is 4.12. The zero-order valence-electron chi connectivity index (χ0n) is 12.9. The summed E-state index contributed by atoms with van der Waals surface area (Å²) in [5, 5.41) is 3.50. The minimum Gasteiger partial charge on any atom is -0.317 e. The molecule has 1 N–H and O–H groups in total. The van der Waals surface area contributed by atoms with Crippen molar-refractivity contribution >= 4 is 0 Å². The molecule has 0 amide bonds. The van der Waals surface area contributed by atoms with Gasteiger partial charge in [-0.1, -0.05) is 57.0 Å². The van der Waals surface area contributed by atoms with Crippen LogP contribution in [0.25, 0.3) is 0 Å². The highest BCUT2D eigenvalue weighted by Crippen LogP contribution is 2.29. The van der Waals surface area contributed by atoms with Gasteiger partial charge in [0.2, 0.25) is 0 Å². The second kappa shape index (κ2) is 6.38. The van der Waals surface area contributed by atoms with E-state index in [1.54, 1.807) is 0 Å². The minimum absolute atomic E-state index is 0.347. The standard InChI is InChI=1S/C17H29N/c1-7-18-12-16(17(4,5)6)11-15-9-13(2)8-14(3)10-15/h8-10,16,18H,7,11-12H2,1-6H3. The Labute approximate surface area is 113 Å². The molecule has 1 rings (SSSR count). The van der Waals surface area contributed by atoms with E-state index in [0.717, 1.165) is 13.1 Å². The molecule has 0 spiro atoms. The first kappa shape index (κ1) is 15.2. The van der Waals surface area contributed by atoms with Gasteiger partial charge in [-0.05, 0) is 50.3 Å². The van der Waals surface area contributed by atoms with Crippen LogP contribution in [-0.4, -0.2) is 13.1 Å². The highest BCUT2D eigenvalue weighted by Gasteiger charge is 2.24. The number of nitrogens with one attached hydrogen (secondary N) is 1. The maximum Gasteiger partial charge on any atom is -0.00124 e. The molecule has 0 aromatic heterocycles. The SMILES string of the molecule is CCNCC(Cc1cc(C)cc(C)c1)C(C)(C)C. The van der Waals surface area contributed by atoms with E-state index in [-0.39, 0.29) is 0 Å². The van der Waals surface area contributed by atoms with Crippen molar-refractivity contribution < 1.29 is 0 Å². The fourth-order valence-corrected chi connectivity index (χ4v) is 2.47. The van der Waals surface area contributed by atoms with E-state index >= 15 is 0 Å². The highest BCUT2D eigenvalue weighted by molar-refractivity contribution is 5.29. The van der Waals surface area contributed by atoms with Crippen LogP contribution in [0.1, 0.15) is 44.4 Å². The zero-order chi connectivity index (χ0) is 13.8. The summed E-state index contributed by atoms with van der Waals surface area (Å²) in [6, 6.07) is 6.91. The van der Waals surface area contributed by atoms with Gasteiger partial charge in [-0.25, -0.2) is 0 Å². The monoisotopic (exact) mass is 247 g/mol. The molecule has 1 aromatic rings. The number of hydrogen-bond donors (Lipinski definition) is 1. The molecule has 0 saturated carbocycles. The molecule has 0 bridgehead atoms. The minimum atomic E-state index is 0.347. The van der Waals surface area contributed by atoms with Gasteiger partial charge in [-0.15, -0.1) is 0 Å². The van der Waals surface area contributed by atoms with Crippen molar-refractivity contribution in [3.8, 4) is 0 Å². The molecular weight excluding hydrogens is 218 g/mol. The zero-order valence-corrected chi connectivity index (χ0v) is 12.9. The molecule has 0 fully saturated rings. The molecule has 18 heavy (non-hydrogen) atoms. The van der Waals surface area contributed by atoms with Gasteiger partial charge in [-0.2, -0.15) is 0 Å². The normalized spacial score (nSPS) is 13.7. The van der Waals surface area contributed by atoms with E-state index in [4.69, 9.17) is 0 Å². The van der Waals surface area contributed by atoms with E-state index in [1.807, 2.05) is 0 Å². The van der Waals surface area contributed by atoms with E-state index < -0.39 is 0 Å². The first-order valence-electron chi connectivity index (χ1n) is 7.10. The molecule has 0 aliphatic rings. The van der Waals surface area contributed by atoms with Gasteiger partial charge in [0.25, 0.3) is 0 Å². The van der Waals surface area contributed by atoms with Gasteiger partial charge in [0.05, 0.1) is 0 Å². The molecule has 1 unspecified atom stereocenters. The summed E-state index contributed by atoms with van der Waals surface area (Å²) < 4.78 is 0. The number of benzene rings is 1. The van der Waals surface area contributed by atoms with Crippen LogP contribution in [0.4, 0.5) is 0 Å². The third-order valence-corrected chi connectivity index (χ3v) is 3.63. The van der Waals surface area contributed by atoms with Crippen LogP contribution in [0.2, 0.25) is 0 Å². The number of hydrogen-bond acceptors (Lipinski definition) is 1. The molecule has 1 heteroatoms. The Morgan fingerprint density at radius 1 is 1.06 bits per heavy atom. The van der Waals surface area contributed by atoms with E-state index in [0.29, 0.717) is 11.3 Å². The molecule has 1 atom stereocenters. The van der Waals surface area contributed by atoms with Crippen LogP contribution in [0.15, 0.2) is 18.2 Å². The van der Waals surface area contributed by atoms with Crippen molar-refractivity contribution in [3.05, 3.63) is 34.9 Å². The lowest BCUT2D eigenvalue weighted by atomic mass is 9.77. The number of rotatable bonds is 5. The van der Waals surface area contributed by atoms with Crippen molar-refractivity contribution in [1.82, 2.24) is 5.32 Å². The fourth-order valence-electron chi connectivity index (χ4n) is 2.47. The quantitative estimate of drug-likeness (QED) is 0.825. The van der Waals surface area contributed by atoms with Gasteiger partial charge in [0, 0.05) is 0 Å². The van der Waals surface area contributed by atoms with Gasteiger partial charge in [-0.3, -0.25) is 0 Å². The van der Waals surface area contributed by atoms with Crippen molar-refractivity contribution in [1.29, 1.82) is 0 Å². The first-order valence-corrected chi connectivity index (χ1v) is 7.10. The molecule has 0 aliphatic heterocycles. The first-order chi connectivity index (χ1) is 8.32. The third-order valence-electron chi connectivity index (χ3n) is 3.63. The highest BCUT2D eigenvalue weighted by atomic mass is 14.8. The average Bonchev–Trinajstić information content (AvgIpc) is 2.21. The molecular formula is C17H29N. The topological polar surface area (TPSA) is 12.0 Å². The lowest BCUT2D eigenvalue weighted by molar-refractivity contribution is 0.232. The maximum absolute atomic E-state index is 3.50. The average molecular weight is 247 g/mol. The van der Waals surface area contributed by atoms with Crippen LogP contribution >= 0.6 is 0 Å². The second-order valence-electron chi connectivity index (χ2n) is 6.57. The second-order valence-corrected chi connectivity index (χ2v) is 6.57. The Morgan fingerprint density at radius 2 is 1.61 bits per heavy atom. The van der Waals surface area contributed by atoms with Gasteiger partial charge >= 0.3 is 0 Å². The predicted molar refractivity (Wildman–Crippen MR) is 81.1 cm³/mol. The fraction of sp³-hybridized carbons (Fsp3) is 0.647. The smallest absolute Gasteiger partial charge is 0.00124 e. The maximum atomic E-state index is 3.50. The molecule has 0 aliphatic carbocycles. The van der Waals surface area contributed by atoms with Crippen molar-refractivity contribution in [2.45, 2.75) is 48.0 Å². The van der Waals surface area contributed by atoms with E-state index in [9.17, 15) is 0 Å². The van der Waals surface area contributed by atoms with Gasteiger partial charge in [0.1, 0.15) is 0 Å². The summed E-state index contributed by atoms with van der Waals surface area (Å²) in [6.07, 6.45) is 1.17. The molecule has 0 radical (unpaired) electrons. The van der Waals surface area contributed by atoms with Crippen LogP contribution in [-0.2, 0) is 6.42 Å². The summed E-state index contributed by atoms with van der Waals surface area (Å²) in [6.45, 7) is 15.7. The molecule has 0 saturated heterocycles. The number of aryl methyl sites for hydroxylation is 2. The third kappa shape index (κ3) is 4.81. The van der Waals surface area contributed by atoms with Crippen LogP contribution in [0.5, 0.6) is 0 Å². The lowest BCUT2D eigenvalue weighted by Crippen LogP contribution is -2.33. The Hall–Kier alpha value is -0.820. The van der Waals surface area contributed by atoms with Gasteiger partial charge in [0.15, 0.2) is 0 Å². The largest absolute Gasteiger partial charge is 0.317 e. The van der Waals surface area contributed by atoms with Crippen molar-refractivity contribution in [2.75, 3.05) is 13.1 Å². The Balaban J connectivity index is 2.82. The summed E-state index contributed by atoms with van der Waals surface area (Å²) in [7, 11) is 0. The Bertz CT molecular complexity index is 353. The van der Waals surface area contributed by atoms with Gasteiger partial charge < -0.3 is 5.32 Å². The molecule has 102 valence electrons. The molecule has 0 heterocycles. The van der Waals surface area contributed by atoms with Crippen LogP contribution in [0.3, 0.4) is 0 Å². The van der Waals surface area contributed by atoms with Crippen molar-refractivity contribution in [3.63, 3.8) is 0 Å². The summed E-state index contributed by atoms with van der Waals surface area (Å²) in [5.74, 6) is 0.679. The van der Waals surface area contributed by atoms with Crippen LogP contribution < -0.4 is 5.32 Å². The summed E-state index contributed by atoms with van der Waals surface area (Å²) >= 11 is 0. The van der Waals surface area contributed by atoms with E-state index in [1.165, 1.54) is 23.1 Å².